The molecule has 1 amide bonds. The third-order valence-electron chi connectivity index (χ3n) is 1.80. The van der Waals surface area contributed by atoms with E-state index < -0.39 is 0 Å². The standard InChI is InChI=1S/C10H17N3OS/c1-6-7(15-9(11)13-6)8(14)12-5-10(2,3)4/h5H2,1-4H3,(H2,11,13)(H,12,14). The van der Waals surface area contributed by atoms with Crippen LogP contribution in [-0.2, 0) is 0 Å². The zero-order valence-corrected chi connectivity index (χ0v) is 10.4. The van der Waals surface area contributed by atoms with Crippen molar-refractivity contribution in [3.63, 3.8) is 0 Å². The van der Waals surface area contributed by atoms with Crippen molar-refractivity contribution in [2.75, 3.05) is 12.3 Å². The summed E-state index contributed by atoms with van der Waals surface area (Å²) < 4.78 is 0. The van der Waals surface area contributed by atoms with Crippen LogP contribution in [0.1, 0.15) is 36.1 Å². The van der Waals surface area contributed by atoms with Crippen LogP contribution in [0.4, 0.5) is 5.13 Å². The monoisotopic (exact) mass is 227 g/mol. The first-order valence-electron chi connectivity index (χ1n) is 4.81. The Morgan fingerprint density at radius 2 is 2.13 bits per heavy atom. The second kappa shape index (κ2) is 4.18. The molecule has 1 rings (SSSR count). The van der Waals surface area contributed by atoms with Gasteiger partial charge in [0.05, 0.1) is 5.69 Å². The van der Waals surface area contributed by atoms with Gasteiger partial charge in [-0.15, -0.1) is 0 Å². The van der Waals surface area contributed by atoms with Gasteiger partial charge in [0, 0.05) is 6.54 Å². The van der Waals surface area contributed by atoms with Crippen molar-refractivity contribution in [1.29, 1.82) is 0 Å². The molecule has 0 aliphatic heterocycles. The van der Waals surface area contributed by atoms with E-state index in [4.69, 9.17) is 5.73 Å². The lowest BCUT2D eigenvalue weighted by molar-refractivity contribution is 0.0942. The van der Waals surface area contributed by atoms with Gasteiger partial charge in [0.15, 0.2) is 5.13 Å². The second-order valence-electron chi connectivity index (χ2n) is 4.71. The first kappa shape index (κ1) is 12.0. The highest BCUT2D eigenvalue weighted by Crippen LogP contribution is 2.19. The summed E-state index contributed by atoms with van der Waals surface area (Å²) in [5.41, 5.74) is 6.31. The van der Waals surface area contributed by atoms with Gasteiger partial charge < -0.3 is 11.1 Å². The van der Waals surface area contributed by atoms with Crippen molar-refractivity contribution in [3.05, 3.63) is 10.6 Å². The number of hydrogen-bond donors (Lipinski definition) is 2. The molecule has 0 saturated carbocycles. The molecule has 0 saturated heterocycles. The predicted molar refractivity (Wildman–Crippen MR) is 63.1 cm³/mol. The van der Waals surface area contributed by atoms with Crippen LogP contribution in [0.25, 0.3) is 0 Å². The molecule has 3 N–H and O–H groups in total. The SMILES string of the molecule is Cc1nc(N)sc1C(=O)NCC(C)(C)C. The zero-order valence-electron chi connectivity index (χ0n) is 9.55. The molecule has 0 atom stereocenters. The molecular formula is C10H17N3OS. The van der Waals surface area contributed by atoms with Crippen molar-refractivity contribution in [1.82, 2.24) is 10.3 Å². The van der Waals surface area contributed by atoms with E-state index in [1.54, 1.807) is 6.92 Å². The van der Waals surface area contributed by atoms with Gasteiger partial charge in [-0.25, -0.2) is 4.98 Å². The Labute approximate surface area is 93.9 Å². The Hall–Kier alpha value is -1.10. The number of nitrogens with one attached hydrogen (secondary N) is 1. The quantitative estimate of drug-likeness (QED) is 0.809. The minimum atomic E-state index is -0.0865. The minimum Gasteiger partial charge on any atom is -0.375 e. The van der Waals surface area contributed by atoms with E-state index in [1.807, 2.05) is 0 Å². The first-order valence-corrected chi connectivity index (χ1v) is 5.62. The van der Waals surface area contributed by atoms with E-state index in [9.17, 15) is 4.79 Å². The van der Waals surface area contributed by atoms with Gasteiger partial charge in [-0.2, -0.15) is 0 Å². The fourth-order valence-corrected chi connectivity index (χ4v) is 1.80. The molecule has 1 aromatic rings. The molecule has 5 heteroatoms. The maximum absolute atomic E-state index is 11.7. The molecule has 0 aromatic carbocycles. The fourth-order valence-electron chi connectivity index (χ4n) is 1.05. The normalized spacial score (nSPS) is 11.5. The van der Waals surface area contributed by atoms with Gasteiger partial charge in [-0.05, 0) is 12.3 Å². The molecule has 0 unspecified atom stereocenters. The summed E-state index contributed by atoms with van der Waals surface area (Å²) in [7, 11) is 0. The van der Waals surface area contributed by atoms with Gasteiger partial charge in [0.1, 0.15) is 4.88 Å². The number of thiazole rings is 1. The molecule has 1 aromatic heterocycles. The number of nitrogen functional groups attached to an aromatic ring is 1. The molecule has 0 radical (unpaired) electrons. The van der Waals surface area contributed by atoms with Crippen LogP contribution in [-0.4, -0.2) is 17.4 Å². The van der Waals surface area contributed by atoms with Gasteiger partial charge >= 0.3 is 0 Å². The van der Waals surface area contributed by atoms with Crippen LogP contribution in [0.3, 0.4) is 0 Å². The lowest BCUT2D eigenvalue weighted by Gasteiger charge is -2.18. The van der Waals surface area contributed by atoms with Crippen LogP contribution in [0, 0.1) is 12.3 Å². The molecule has 15 heavy (non-hydrogen) atoms. The van der Waals surface area contributed by atoms with Crippen LogP contribution >= 0.6 is 11.3 Å². The number of amides is 1. The molecule has 0 fully saturated rings. The Morgan fingerprint density at radius 3 is 2.53 bits per heavy atom. The van der Waals surface area contributed by atoms with Crippen LogP contribution < -0.4 is 11.1 Å². The smallest absolute Gasteiger partial charge is 0.263 e. The molecular weight excluding hydrogens is 210 g/mol. The summed E-state index contributed by atoms with van der Waals surface area (Å²) in [6.45, 7) is 8.64. The van der Waals surface area contributed by atoms with E-state index in [0.29, 0.717) is 22.2 Å². The Kier molecular flexibility index (Phi) is 3.34. The number of nitrogens with two attached hydrogens (primary N) is 1. The van der Waals surface area contributed by atoms with E-state index >= 15 is 0 Å². The van der Waals surface area contributed by atoms with E-state index in [1.165, 1.54) is 11.3 Å². The number of rotatable bonds is 2. The van der Waals surface area contributed by atoms with Crippen molar-refractivity contribution in [2.24, 2.45) is 5.41 Å². The molecule has 0 bridgehead atoms. The number of aryl methyl sites for hydroxylation is 1. The Balaban J connectivity index is 2.66. The van der Waals surface area contributed by atoms with Crippen molar-refractivity contribution >= 4 is 22.4 Å². The maximum atomic E-state index is 11.7. The van der Waals surface area contributed by atoms with Gasteiger partial charge in [0.2, 0.25) is 0 Å². The molecule has 0 spiro atoms. The average Bonchev–Trinajstić information content (AvgIpc) is 2.40. The Bertz CT molecular complexity index is 365. The summed E-state index contributed by atoms with van der Waals surface area (Å²) >= 11 is 1.23. The summed E-state index contributed by atoms with van der Waals surface area (Å²) in [6, 6.07) is 0. The molecule has 1 heterocycles. The van der Waals surface area contributed by atoms with Crippen LogP contribution in [0.2, 0.25) is 0 Å². The highest BCUT2D eigenvalue weighted by atomic mass is 32.1. The predicted octanol–water partition coefficient (Wildman–Crippen LogP) is 1.81. The lowest BCUT2D eigenvalue weighted by Crippen LogP contribution is -2.32. The topological polar surface area (TPSA) is 68.0 Å². The number of anilines is 1. The number of carbonyl (C=O) groups is 1. The summed E-state index contributed by atoms with van der Waals surface area (Å²) in [5, 5.41) is 3.31. The summed E-state index contributed by atoms with van der Waals surface area (Å²) in [4.78, 5) is 16.3. The largest absolute Gasteiger partial charge is 0.375 e. The number of hydrogen-bond acceptors (Lipinski definition) is 4. The number of carbonyl (C=O) groups excluding carboxylic acids is 1. The first-order chi connectivity index (χ1) is 6.79. The van der Waals surface area contributed by atoms with Gasteiger partial charge in [-0.1, -0.05) is 32.1 Å². The molecule has 84 valence electrons. The summed E-state index contributed by atoms with van der Waals surface area (Å²) in [6.07, 6.45) is 0. The zero-order chi connectivity index (χ0) is 11.6. The molecule has 0 aliphatic rings. The molecule has 4 nitrogen and oxygen atoms in total. The maximum Gasteiger partial charge on any atom is 0.263 e. The highest BCUT2D eigenvalue weighted by molar-refractivity contribution is 7.17. The average molecular weight is 227 g/mol. The van der Waals surface area contributed by atoms with Gasteiger partial charge in [-0.3, -0.25) is 4.79 Å². The van der Waals surface area contributed by atoms with Crippen LogP contribution in [0.5, 0.6) is 0 Å². The fraction of sp³-hybridized carbons (Fsp3) is 0.600. The van der Waals surface area contributed by atoms with Crippen molar-refractivity contribution in [2.45, 2.75) is 27.7 Å². The Morgan fingerprint density at radius 1 is 1.53 bits per heavy atom. The van der Waals surface area contributed by atoms with Gasteiger partial charge in [0.25, 0.3) is 5.91 Å². The van der Waals surface area contributed by atoms with E-state index in [0.717, 1.165) is 0 Å². The minimum absolute atomic E-state index is 0.0831. The highest BCUT2D eigenvalue weighted by Gasteiger charge is 2.17. The third-order valence-corrected chi connectivity index (χ3v) is 2.78. The molecule has 0 aliphatic carbocycles. The number of nitrogens with zero attached hydrogens (tertiary/aromatic N) is 1. The lowest BCUT2D eigenvalue weighted by atomic mass is 9.97. The van der Waals surface area contributed by atoms with Crippen LogP contribution in [0.15, 0.2) is 0 Å². The third kappa shape index (κ3) is 3.51. The van der Waals surface area contributed by atoms with Crippen molar-refractivity contribution in [3.8, 4) is 0 Å². The summed E-state index contributed by atoms with van der Waals surface area (Å²) in [5.74, 6) is -0.0865. The van der Waals surface area contributed by atoms with Crippen molar-refractivity contribution < 1.29 is 4.79 Å². The second-order valence-corrected chi connectivity index (χ2v) is 5.74. The number of aromatic nitrogens is 1. The van der Waals surface area contributed by atoms with E-state index in [2.05, 4.69) is 31.1 Å². The van der Waals surface area contributed by atoms with E-state index in [-0.39, 0.29) is 11.3 Å².